The molecule has 1 radical (unpaired) electrons. The third kappa shape index (κ3) is 2.40. The largest absolute Gasteiger partial charge is 0.347 e. The van der Waals surface area contributed by atoms with Crippen molar-refractivity contribution in [3.63, 3.8) is 0 Å². The molecule has 0 aromatic heterocycles. The van der Waals surface area contributed by atoms with E-state index in [0.717, 1.165) is 0 Å². The highest BCUT2D eigenvalue weighted by Crippen LogP contribution is 2.06. The summed E-state index contributed by atoms with van der Waals surface area (Å²) < 4.78 is 0. The maximum Gasteiger partial charge on any atom is 0.208 e. The molecule has 1 aliphatic rings. The first-order valence-corrected chi connectivity index (χ1v) is 4.01. The Kier molecular flexibility index (Phi) is 3.12. The van der Waals surface area contributed by atoms with E-state index in [0.29, 0.717) is 0 Å². The first kappa shape index (κ1) is 7.14. The van der Waals surface area contributed by atoms with E-state index >= 15 is 0 Å². The van der Waals surface area contributed by atoms with Crippen LogP contribution in [0, 0.1) is 0 Å². The quantitative estimate of drug-likeness (QED) is 0.515. The van der Waals surface area contributed by atoms with Crippen LogP contribution in [0.4, 0.5) is 0 Å². The highest BCUT2D eigenvalue weighted by atomic mass is 15.0. The Morgan fingerprint density at radius 1 is 1.56 bits per heavy atom. The minimum atomic E-state index is 1.29. The third-order valence-electron chi connectivity index (χ3n) is 1.84. The normalized spacial score (nSPS) is 20.1. The molecule has 0 saturated carbocycles. The Balaban J connectivity index is 1.98. The van der Waals surface area contributed by atoms with E-state index in [4.69, 9.17) is 0 Å². The summed E-state index contributed by atoms with van der Waals surface area (Å²) in [4.78, 5) is 2.45. The van der Waals surface area contributed by atoms with E-state index in [1.54, 1.807) is 0 Å². The molecule has 9 heavy (non-hydrogen) atoms. The first-order valence-electron chi connectivity index (χ1n) is 4.01. The van der Waals surface area contributed by atoms with Gasteiger partial charge in [-0.25, -0.2) is 0 Å². The lowest BCUT2D eigenvalue weighted by molar-refractivity contribution is 0.460. The van der Waals surface area contributed by atoms with Crippen LogP contribution >= 0.6 is 0 Å². The number of hydrogen-bond acceptors (Lipinski definition) is 1. The molecule has 0 amide bonds. The SMILES string of the molecule is CCCCN1[B]CCC1. The van der Waals surface area contributed by atoms with Gasteiger partial charge in [0.05, 0.1) is 0 Å². The van der Waals surface area contributed by atoms with Crippen molar-refractivity contribution in [2.75, 3.05) is 13.1 Å². The number of hydrogen-bond donors (Lipinski definition) is 0. The second kappa shape index (κ2) is 3.94. The van der Waals surface area contributed by atoms with Gasteiger partial charge in [0, 0.05) is 0 Å². The summed E-state index contributed by atoms with van der Waals surface area (Å²) in [5.74, 6) is 0. The van der Waals surface area contributed by atoms with E-state index in [1.807, 2.05) is 0 Å². The molecule has 2 heteroatoms. The van der Waals surface area contributed by atoms with Crippen molar-refractivity contribution in [3.8, 4) is 0 Å². The Labute approximate surface area is 58.7 Å². The molecule has 1 saturated heterocycles. The third-order valence-corrected chi connectivity index (χ3v) is 1.84. The Hall–Kier alpha value is 0.0249. The van der Waals surface area contributed by atoms with Crippen molar-refractivity contribution >= 4 is 7.41 Å². The molecule has 0 N–H and O–H groups in total. The molecule has 0 atom stereocenters. The zero-order valence-corrected chi connectivity index (χ0v) is 6.27. The molecule has 0 aromatic carbocycles. The molecule has 0 bridgehead atoms. The molecule has 0 aliphatic carbocycles. The smallest absolute Gasteiger partial charge is 0.208 e. The average molecular weight is 124 g/mol. The monoisotopic (exact) mass is 124 g/mol. The molecule has 1 aliphatic heterocycles. The topological polar surface area (TPSA) is 3.24 Å². The zero-order chi connectivity index (χ0) is 6.53. The highest BCUT2D eigenvalue weighted by Gasteiger charge is 2.11. The summed E-state index contributed by atoms with van der Waals surface area (Å²) in [6.07, 6.45) is 5.37. The predicted molar refractivity (Wildman–Crippen MR) is 41.7 cm³/mol. The van der Waals surface area contributed by atoms with Crippen molar-refractivity contribution in [1.29, 1.82) is 0 Å². The maximum atomic E-state index is 2.45. The number of unbranched alkanes of at least 4 members (excludes halogenated alkanes) is 1. The molecule has 1 rings (SSSR count). The van der Waals surface area contributed by atoms with Gasteiger partial charge in [-0.05, 0) is 25.9 Å². The van der Waals surface area contributed by atoms with Crippen LogP contribution in [0.3, 0.4) is 0 Å². The summed E-state index contributed by atoms with van der Waals surface area (Å²) in [6.45, 7) is 4.84. The molecule has 51 valence electrons. The molecule has 1 fully saturated rings. The summed E-state index contributed by atoms with van der Waals surface area (Å²) in [6, 6.07) is 0. The van der Waals surface area contributed by atoms with Crippen molar-refractivity contribution in [1.82, 2.24) is 4.81 Å². The Bertz CT molecular complexity index is 69.3. The summed E-state index contributed by atoms with van der Waals surface area (Å²) >= 11 is 0. The van der Waals surface area contributed by atoms with E-state index < -0.39 is 0 Å². The van der Waals surface area contributed by atoms with Gasteiger partial charge in [0.15, 0.2) is 0 Å². The summed E-state index contributed by atoms with van der Waals surface area (Å²) in [7, 11) is 2.34. The second-order valence-electron chi connectivity index (χ2n) is 2.71. The van der Waals surface area contributed by atoms with Crippen LogP contribution in [-0.2, 0) is 0 Å². The second-order valence-corrected chi connectivity index (χ2v) is 2.71. The van der Waals surface area contributed by atoms with E-state index in [2.05, 4.69) is 19.1 Å². The zero-order valence-electron chi connectivity index (χ0n) is 6.27. The summed E-state index contributed by atoms with van der Waals surface area (Å²) in [5, 5.41) is 0. The van der Waals surface area contributed by atoms with Gasteiger partial charge in [-0.1, -0.05) is 19.7 Å². The molecular weight excluding hydrogens is 109 g/mol. The molecule has 0 unspecified atom stereocenters. The van der Waals surface area contributed by atoms with E-state index in [-0.39, 0.29) is 0 Å². The molecular formula is C7H15BN. The lowest BCUT2D eigenvalue weighted by atomic mass is 9.91. The number of nitrogens with zero attached hydrogens (tertiary/aromatic N) is 1. The van der Waals surface area contributed by atoms with Gasteiger partial charge in [-0.15, -0.1) is 0 Å². The van der Waals surface area contributed by atoms with Crippen molar-refractivity contribution in [2.24, 2.45) is 0 Å². The van der Waals surface area contributed by atoms with Gasteiger partial charge in [-0.3, -0.25) is 0 Å². The number of rotatable bonds is 3. The van der Waals surface area contributed by atoms with Crippen LogP contribution in [0.2, 0.25) is 6.32 Å². The van der Waals surface area contributed by atoms with Crippen LogP contribution in [0.15, 0.2) is 0 Å². The predicted octanol–water partition coefficient (Wildman–Crippen LogP) is 1.53. The van der Waals surface area contributed by atoms with Gasteiger partial charge in [0.25, 0.3) is 0 Å². The Morgan fingerprint density at radius 2 is 2.44 bits per heavy atom. The Morgan fingerprint density at radius 3 is 3.00 bits per heavy atom. The minimum absolute atomic E-state index is 1.29. The van der Waals surface area contributed by atoms with Gasteiger partial charge in [-0.2, -0.15) is 0 Å². The molecule has 1 nitrogen and oxygen atoms in total. The lowest BCUT2D eigenvalue weighted by Gasteiger charge is -2.12. The molecule has 1 heterocycles. The lowest BCUT2D eigenvalue weighted by Crippen LogP contribution is -2.22. The summed E-state index contributed by atoms with van der Waals surface area (Å²) in [5.41, 5.74) is 0. The average Bonchev–Trinajstić information content (AvgIpc) is 2.34. The van der Waals surface area contributed by atoms with E-state index in [1.165, 1.54) is 38.7 Å². The van der Waals surface area contributed by atoms with Crippen LogP contribution < -0.4 is 0 Å². The van der Waals surface area contributed by atoms with Crippen molar-refractivity contribution in [3.05, 3.63) is 0 Å². The van der Waals surface area contributed by atoms with Crippen LogP contribution in [0.1, 0.15) is 26.2 Å². The van der Waals surface area contributed by atoms with Gasteiger partial charge >= 0.3 is 0 Å². The van der Waals surface area contributed by atoms with E-state index in [9.17, 15) is 0 Å². The van der Waals surface area contributed by atoms with Crippen LogP contribution in [0.25, 0.3) is 0 Å². The fourth-order valence-electron chi connectivity index (χ4n) is 1.22. The standard InChI is InChI=1S/C7H15BN/c1-2-3-6-9-7-4-5-8-9/h2-7H2,1H3. The van der Waals surface area contributed by atoms with Crippen LogP contribution in [0.5, 0.6) is 0 Å². The molecule has 0 aromatic rings. The van der Waals surface area contributed by atoms with Crippen molar-refractivity contribution < 1.29 is 0 Å². The highest BCUT2D eigenvalue weighted by molar-refractivity contribution is 6.32. The molecule has 0 spiro atoms. The van der Waals surface area contributed by atoms with Crippen molar-refractivity contribution in [2.45, 2.75) is 32.5 Å². The van der Waals surface area contributed by atoms with Gasteiger partial charge < -0.3 is 4.81 Å². The van der Waals surface area contributed by atoms with Crippen LogP contribution in [-0.4, -0.2) is 25.3 Å². The van der Waals surface area contributed by atoms with Gasteiger partial charge in [0.2, 0.25) is 7.41 Å². The van der Waals surface area contributed by atoms with Gasteiger partial charge in [0.1, 0.15) is 0 Å². The first-order chi connectivity index (χ1) is 4.43. The minimum Gasteiger partial charge on any atom is -0.347 e. The fraction of sp³-hybridized carbons (Fsp3) is 1.00. The maximum absolute atomic E-state index is 2.45. The fourth-order valence-corrected chi connectivity index (χ4v) is 1.22.